The van der Waals surface area contributed by atoms with Gasteiger partial charge in [0.05, 0.1) is 27.0 Å². The number of carbonyl (C=O) groups is 1. The monoisotopic (exact) mass is 429 g/mol. The number of methoxy groups -OCH3 is 3. The molecule has 1 amide bonds. The van der Waals surface area contributed by atoms with Crippen molar-refractivity contribution in [3.63, 3.8) is 0 Å². The Bertz CT molecular complexity index is 1110. The van der Waals surface area contributed by atoms with E-state index in [1.807, 2.05) is 13.0 Å². The summed E-state index contributed by atoms with van der Waals surface area (Å²) < 4.78 is 18.1. The molecule has 0 spiro atoms. The number of nitrogens with one attached hydrogen (secondary N) is 1. The molecule has 10 heteroatoms. The van der Waals surface area contributed by atoms with E-state index in [1.54, 1.807) is 44.2 Å². The SMILES string of the molecule is COc1ccc([C@@H]2CC(=O)Nc3c2c(C)nn3-c2ccc(Cl)nn2)c(OC)c1OC. The summed E-state index contributed by atoms with van der Waals surface area (Å²) in [6, 6.07) is 6.99. The van der Waals surface area contributed by atoms with Gasteiger partial charge in [-0.25, -0.2) is 0 Å². The van der Waals surface area contributed by atoms with Crippen LogP contribution in [0.1, 0.15) is 29.2 Å². The van der Waals surface area contributed by atoms with Gasteiger partial charge >= 0.3 is 0 Å². The lowest BCUT2D eigenvalue weighted by atomic mass is 9.85. The van der Waals surface area contributed by atoms with Gasteiger partial charge < -0.3 is 19.5 Å². The fraction of sp³-hybridized carbons (Fsp3) is 0.300. The van der Waals surface area contributed by atoms with Gasteiger partial charge in [-0.05, 0) is 25.1 Å². The third-order valence-corrected chi connectivity index (χ3v) is 5.25. The van der Waals surface area contributed by atoms with Crippen LogP contribution in [0.2, 0.25) is 5.15 Å². The minimum absolute atomic E-state index is 0.146. The van der Waals surface area contributed by atoms with E-state index in [4.69, 9.17) is 25.8 Å². The number of amides is 1. The van der Waals surface area contributed by atoms with Gasteiger partial charge in [-0.3, -0.25) is 4.79 Å². The number of aryl methyl sites for hydroxylation is 1. The summed E-state index contributed by atoms with van der Waals surface area (Å²) in [4.78, 5) is 12.6. The molecule has 30 heavy (non-hydrogen) atoms. The average Bonchev–Trinajstić information content (AvgIpc) is 3.08. The van der Waals surface area contributed by atoms with E-state index in [-0.39, 0.29) is 23.4 Å². The van der Waals surface area contributed by atoms with Crippen LogP contribution in [0, 0.1) is 6.92 Å². The van der Waals surface area contributed by atoms with Crippen molar-refractivity contribution in [2.45, 2.75) is 19.3 Å². The van der Waals surface area contributed by atoms with Crippen LogP contribution in [-0.4, -0.2) is 47.2 Å². The van der Waals surface area contributed by atoms with Crippen molar-refractivity contribution < 1.29 is 19.0 Å². The average molecular weight is 430 g/mol. The standard InChI is InChI=1S/C20H20ClN5O4/c1-10-17-12(11-5-6-13(28-2)19(30-4)18(11)29-3)9-16(27)22-20(17)26(25-10)15-8-7-14(21)23-24-15/h5-8,12H,9H2,1-4H3,(H,22,27)/t12-/m0/s1. The van der Waals surface area contributed by atoms with Crippen LogP contribution >= 0.6 is 11.6 Å². The summed E-state index contributed by atoms with van der Waals surface area (Å²) in [6.45, 7) is 1.89. The molecular formula is C20H20ClN5O4. The summed E-state index contributed by atoms with van der Waals surface area (Å²) in [6.07, 6.45) is 0.234. The molecule has 0 saturated carbocycles. The molecule has 9 nitrogen and oxygen atoms in total. The molecule has 0 fully saturated rings. The zero-order chi connectivity index (χ0) is 21.4. The van der Waals surface area contributed by atoms with Crippen LogP contribution < -0.4 is 19.5 Å². The maximum absolute atomic E-state index is 12.6. The number of benzene rings is 1. The molecule has 1 aromatic carbocycles. The molecule has 0 radical (unpaired) electrons. The van der Waals surface area contributed by atoms with E-state index < -0.39 is 0 Å². The Morgan fingerprint density at radius 3 is 2.47 bits per heavy atom. The zero-order valence-electron chi connectivity index (χ0n) is 16.9. The molecule has 1 aliphatic heterocycles. The van der Waals surface area contributed by atoms with E-state index in [0.717, 1.165) is 16.8 Å². The Hall–Kier alpha value is -3.33. The predicted octanol–water partition coefficient (Wildman–Crippen LogP) is 3.12. The highest BCUT2D eigenvalue weighted by Crippen LogP contribution is 2.48. The second-order valence-corrected chi connectivity index (χ2v) is 7.09. The first-order valence-electron chi connectivity index (χ1n) is 9.16. The molecule has 0 saturated heterocycles. The Labute approximate surface area is 177 Å². The first-order chi connectivity index (χ1) is 14.5. The number of rotatable bonds is 5. The van der Waals surface area contributed by atoms with Crippen molar-refractivity contribution in [1.29, 1.82) is 0 Å². The Kier molecular flexibility index (Phi) is 5.21. The van der Waals surface area contributed by atoms with E-state index in [2.05, 4.69) is 20.6 Å². The summed E-state index contributed by atoms with van der Waals surface area (Å²) in [7, 11) is 4.67. The van der Waals surface area contributed by atoms with Gasteiger partial charge in [0, 0.05) is 23.5 Å². The molecule has 0 unspecified atom stereocenters. The second-order valence-electron chi connectivity index (χ2n) is 6.70. The van der Waals surface area contributed by atoms with Crippen LogP contribution in [0.4, 0.5) is 5.82 Å². The molecular weight excluding hydrogens is 410 g/mol. The van der Waals surface area contributed by atoms with E-state index in [9.17, 15) is 4.79 Å². The predicted molar refractivity (Wildman–Crippen MR) is 110 cm³/mol. The Morgan fingerprint density at radius 1 is 1.07 bits per heavy atom. The third kappa shape index (κ3) is 3.21. The van der Waals surface area contributed by atoms with Crippen molar-refractivity contribution in [3.8, 4) is 23.1 Å². The van der Waals surface area contributed by atoms with Crippen LogP contribution in [0.5, 0.6) is 17.2 Å². The minimum atomic E-state index is -0.294. The maximum Gasteiger partial charge on any atom is 0.226 e. The molecule has 1 aliphatic rings. The Balaban J connectivity index is 1.90. The molecule has 1 atom stereocenters. The quantitative estimate of drug-likeness (QED) is 0.664. The molecule has 3 heterocycles. The van der Waals surface area contributed by atoms with Crippen molar-refractivity contribution in [2.24, 2.45) is 0 Å². The van der Waals surface area contributed by atoms with Crippen LogP contribution in [0.15, 0.2) is 24.3 Å². The number of hydrogen-bond donors (Lipinski definition) is 1. The molecule has 3 aromatic rings. The molecule has 0 aliphatic carbocycles. The van der Waals surface area contributed by atoms with Crippen LogP contribution in [-0.2, 0) is 4.79 Å². The lowest BCUT2D eigenvalue weighted by Crippen LogP contribution is -2.25. The smallest absolute Gasteiger partial charge is 0.226 e. The fourth-order valence-electron chi connectivity index (χ4n) is 3.80. The number of anilines is 1. The van der Waals surface area contributed by atoms with E-state index in [0.29, 0.717) is 28.9 Å². The van der Waals surface area contributed by atoms with Gasteiger partial charge in [0.1, 0.15) is 5.82 Å². The molecule has 2 aromatic heterocycles. The van der Waals surface area contributed by atoms with E-state index in [1.165, 1.54) is 0 Å². The largest absolute Gasteiger partial charge is 0.493 e. The number of halogens is 1. The number of nitrogens with zero attached hydrogens (tertiary/aromatic N) is 4. The molecule has 4 rings (SSSR count). The summed E-state index contributed by atoms with van der Waals surface area (Å²) in [5.74, 6) is 2.08. The van der Waals surface area contributed by atoms with Gasteiger partial charge in [0.15, 0.2) is 22.5 Å². The molecule has 0 bridgehead atoms. The van der Waals surface area contributed by atoms with Crippen LogP contribution in [0.3, 0.4) is 0 Å². The lowest BCUT2D eigenvalue weighted by molar-refractivity contribution is -0.116. The number of aromatic nitrogens is 4. The first kappa shape index (κ1) is 20.0. The highest BCUT2D eigenvalue weighted by molar-refractivity contribution is 6.29. The number of ether oxygens (including phenoxy) is 3. The van der Waals surface area contributed by atoms with Crippen LogP contribution in [0.25, 0.3) is 5.82 Å². The second kappa shape index (κ2) is 7.83. The van der Waals surface area contributed by atoms with Gasteiger partial charge in [-0.15, -0.1) is 10.2 Å². The number of fused-ring (bicyclic) bond motifs is 1. The molecule has 156 valence electrons. The summed E-state index contributed by atoms with van der Waals surface area (Å²) >= 11 is 5.85. The first-order valence-corrected chi connectivity index (χ1v) is 9.54. The van der Waals surface area contributed by atoms with E-state index >= 15 is 0 Å². The Morgan fingerprint density at radius 2 is 1.83 bits per heavy atom. The highest BCUT2D eigenvalue weighted by Gasteiger charge is 2.35. The fourth-order valence-corrected chi connectivity index (χ4v) is 3.90. The number of hydrogen-bond acceptors (Lipinski definition) is 7. The normalized spacial score (nSPS) is 15.4. The van der Waals surface area contributed by atoms with Gasteiger partial charge in [0.2, 0.25) is 11.7 Å². The van der Waals surface area contributed by atoms with Crippen molar-refractivity contribution in [2.75, 3.05) is 26.6 Å². The lowest BCUT2D eigenvalue weighted by Gasteiger charge is -2.26. The van der Waals surface area contributed by atoms with Gasteiger partial charge in [-0.1, -0.05) is 17.7 Å². The zero-order valence-corrected chi connectivity index (χ0v) is 17.6. The third-order valence-electron chi connectivity index (χ3n) is 5.05. The summed E-state index contributed by atoms with van der Waals surface area (Å²) in [5.41, 5.74) is 2.43. The highest BCUT2D eigenvalue weighted by atomic mass is 35.5. The van der Waals surface area contributed by atoms with Gasteiger partial charge in [-0.2, -0.15) is 9.78 Å². The van der Waals surface area contributed by atoms with Crippen molar-refractivity contribution in [1.82, 2.24) is 20.0 Å². The maximum atomic E-state index is 12.6. The van der Waals surface area contributed by atoms with Crippen molar-refractivity contribution in [3.05, 3.63) is 46.2 Å². The molecule has 1 N–H and O–H groups in total. The van der Waals surface area contributed by atoms with Gasteiger partial charge in [0.25, 0.3) is 0 Å². The number of carbonyl (C=O) groups excluding carboxylic acids is 1. The minimum Gasteiger partial charge on any atom is -0.493 e. The van der Waals surface area contributed by atoms with Crippen molar-refractivity contribution >= 4 is 23.3 Å². The topological polar surface area (TPSA) is 100 Å². The summed E-state index contributed by atoms with van der Waals surface area (Å²) in [5, 5.41) is 15.7.